The van der Waals surface area contributed by atoms with Gasteiger partial charge in [-0.2, -0.15) is 0 Å². The Bertz CT molecular complexity index is 299. The summed E-state index contributed by atoms with van der Waals surface area (Å²) in [7, 11) is 2.99. The summed E-state index contributed by atoms with van der Waals surface area (Å²) in [6.07, 6.45) is 7.00. The average Bonchev–Trinajstić information content (AvgIpc) is 2.54. The summed E-state index contributed by atoms with van der Waals surface area (Å²) in [5.41, 5.74) is 0. The molecule has 16 heavy (non-hydrogen) atoms. The van der Waals surface area contributed by atoms with Crippen LogP contribution >= 0.6 is 0 Å². The number of rotatable bonds is 2. The molecule has 2 rings (SSSR count). The molecule has 1 aliphatic carbocycles. The minimum Gasteiger partial charge on any atom is -0.468 e. The molecule has 0 amide bonds. The monoisotopic (exact) mass is 226 g/mol. The van der Waals surface area contributed by atoms with Gasteiger partial charge in [0.15, 0.2) is 5.79 Å². The molecule has 1 saturated heterocycles. The standard InChI is InChI=1S/C12H18O4/c1-14-11(13)10-7-6-9-5-3-4-8-16-12(9,10)15-2/h6-7,9-10H,3-5,8H2,1-2H3/t9-,10-,12-/m0/s1. The normalized spacial score (nSPS) is 37.9. The fourth-order valence-electron chi connectivity index (χ4n) is 2.64. The fourth-order valence-corrected chi connectivity index (χ4v) is 2.64. The highest BCUT2D eigenvalue weighted by Crippen LogP contribution is 2.43. The van der Waals surface area contributed by atoms with Crippen LogP contribution in [0.5, 0.6) is 0 Å². The van der Waals surface area contributed by atoms with Crippen molar-refractivity contribution >= 4 is 5.97 Å². The zero-order valence-electron chi connectivity index (χ0n) is 9.77. The lowest BCUT2D eigenvalue weighted by molar-refractivity contribution is -0.257. The van der Waals surface area contributed by atoms with Gasteiger partial charge in [0.1, 0.15) is 5.92 Å². The third kappa shape index (κ3) is 1.66. The van der Waals surface area contributed by atoms with Gasteiger partial charge in [0.2, 0.25) is 0 Å². The van der Waals surface area contributed by atoms with E-state index in [1.54, 1.807) is 7.11 Å². The lowest BCUT2D eigenvalue weighted by Crippen LogP contribution is -2.48. The van der Waals surface area contributed by atoms with E-state index in [9.17, 15) is 4.79 Å². The molecule has 4 nitrogen and oxygen atoms in total. The number of hydrogen-bond acceptors (Lipinski definition) is 4. The molecule has 0 bridgehead atoms. The molecule has 1 fully saturated rings. The topological polar surface area (TPSA) is 44.8 Å². The van der Waals surface area contributed by atoms with Crippen molar-refractivity contribution in [2.75, 3.05) is 20.8 Å². The summed E-state index contributed by atoms with van der Waals surface area (Å²) in [6, 6.07) is 0. The Morgan fingerprint density at radius 3 is 2.88 bits per heavy atom. The van der Waals surface area contributed by atoms with Crippen molar-refractivity contribution in [3.8, 4) is 0 Å². The molecule has 0 unspecified atom stereocenters. The quantitative estimate of drug-likeness (QED) is 0.529. The van der Waals surface area contributed by atoms with Crippen LogP contribution in [0.2, 0.25) is 0 Å². The van der Waals surface area contributed by atoms with E-state index in [2.05, 4.69) is 0 Å². The van der Waals surface area contributed by atoms with Gasteiger partial charge in [-0.1, -0.05) is 18.6 Å². The van der Waals surface area contributed by atoms with Crippen LogP contribution in [0.4, 0.5) is 0 Å². The highest BCUT2D eigenvalue weighted by Gasteiger charge is 2.53. The molecule has 90 valence electrons. The molecule has 0 aromatic heterocycles. The predicted molar refractivity (Wildman–Crippen MR) is 57.7 cm³/mol. The average molecular weight is 226 g/mol. The van der Waals surface area contributed by atoms with Crippen molar-refractivity contribution in [2.45, 2.75) is 25.0 Å². The number of hydrogen-bond donors (Lipinski definition) is 0. The maximum Gasteiger partial charge on any atom is 0.318 e. The Balaban J connectivity index is 2.27. The van der Waals surface area contributed by atoms with Crippen LogP contribution < -0.4 is 0 Å². The second kappa shape index (κ2) is 4.55. The first kappa shape index (κ1) is 11.6. The lowest BCUT2D eigenvalue weighted by Gasteiger charge is -2.36. The molecule has 1 heterocycles. The molecule has 0 aromatic rings. The first-order valence-electron chi connectivity index (χ1n) is 5.70. The second-order valence-electron chi connectivity index (χ2n) is 4.26. The summed E-state index contributed by atoms with van der Waals surface area (Å²) in [5.74, 6) is -1.40. The van der Waals surface area contributed by atoms with E-state index < -0.39 is 11.7 Å². The molecule has 0 aromatic carbocycles. The molecule has 0 N–H and O–H groups in total. The van der Waals surface area contributed by atoms with Gasteiger partial charge in [-0.15, -0.1) is 0 Å². The van der Waals surface area contributed by atoms with Crippen molar-refractivity contribution in [3.63, 3.8) is 0 Å². The molecule has 2 aliphatic rings. The van der Waals surface area contributed by atoms with Crippen LogP contribution in [-0.4, -0.2) is 32.6 Å². The van der Waals surface area contributed by atoms with Gasteiger partial charge in [0.05, 0.1) is 13.7 Å². The third-order valence-electron chi connectivity index (χ3n) is 3.50. The lowest BCUT2D eigenvalue weighted by atomic mass is 9.91. The predicted octanol–water partition coefficient (Wildman–Crippen LogP) is 1.50. The van der Waals surface area contributed by atoms with E-state index in [0.29, 0.717) is 6.61 Å². The van der Waals surface area contributed by atoms with Crippen molar-refractivity contribution < 1.29 is 19.0 Å². The van der Waals surface area contributed by atoms with Crippen LogP contribution in [0.1, 0.15) is 19.3 Å². The fraction of sp³-hybridized carbons (Fsp3) is 0.750. The van der Waals surface area contributed by atoms with Gasteiger partial charge in [-0.25, -0.2) is 0 Å². The molecule has 3 atom stereocenters. The van der Waals surface area contributed by atoms with E-state index >= 15 is 0 Å². The van der Waals surface area contributed by atoms with Gasteiger partial charge >= 0.3 is 5.97 Å². The third-order valence-corrected chi connectivity index (χ3v) is 3.50. The Kier molecular flexibility index (Phi) is 3.30. The van der Waals surface area contributed by atoms with E-state index in [4.69, 9.17) is 14.2 Å². The molecular formula is C12H18O4. The van der Waals surface area contributed by atoms with Gasteiger partial charge in [0.25, 0.3) is 0 Å². The Hall–Kier alpha value is -0.870. The van der Waals surface area contributed by atoms with Crippen LogP contribution in [0, 0.1) is 11.8 Å². The smallest absolute Gasteiger partial charge is 0.318 e. The first-order valence-corrected chi connectivity index (χ1v) is 5.70. The summed E-state index contributed by atoms with van der Waals surface area (Å²) in [6.45, 7) is 0.638. The van der Waals surface area contributed by atoms with Crippen molar-refractivity contribution in [2.24, 2.45) is 11.8 Å². The van der Waals surface area contributed by atoms with Crippen molar-refractivity contribution in [3.05, 3.63) is 12.2 Å². The summed E-state index contributed by atoms with van der Waals surface area (Å²) >= 11 is 0. The molecule has 4 heteroatoms. The van der Waals surface area contributed by atoms with E-state index in [-0.39, 0.29) is 11.9 Å². The molecular weight excluding hydrogens is 208 g/mol. The number of carbonyl (C=O) groups is 1. The van der Waals surface area contributed by atoms with Crippen LogP contribution in [0.3, 0.4) is 0 Å². The molecule has 0 spiro atoms. The number of carbonyl (C=O) groups excluding carboxylic acids is 1. The molecule has 0 saturated carbocycles. The largest absolute Gasteiger partial charge is 0.468 e. The minimum absolute atomic E-state index is 0.157. The SMILES string of the molecule is COC(=O)[C@@H]1C=C[C@@H]2CCCCO[C@@]21OC. The van der Waals surface area contributed by atoms with Gasteiger partial charge < -0.3 is 14.2 Å². The number of methoxy groups -OCH3 is 2. The number of ether oxygens (including phenoxy) is 3. The first-order chi connectivity index (χ1) is 7.74. The Morgan fingerprint density at radius 2 is 2.19 bits per heavy atom. The van der Waals surface area contributed by atoms with Gasteiger partial charge in [0, 0.05) is 13.0 Å². The Labute approximate surface area is 95.6 Å². The minimum atomic E-state index is -0.830. The summed E-state index contributed by atoms with van der Waals surface area (Å²) in [4.78, 5) is 11.7. The van der Waals surface area contributed by atoms with E-state index in [1.807, 2.05) is 12.2 Å². The number of esters is 1. The molecule has 0 radical (unpaired) electrons. The van der Waals surface area contributed by atoms with E-state index in [1.165, 1.54) is 7.11 Å². The zero-order chi connectivity index (χ0) is 11.6. The van der Waals surface area contributed by atoms with Gasteiger partial charge in [-0.05, 0) is 12.8 Å². The summed E-state index contributed by atoms with van der Waals surface area (Å²) in [5, 5.41) is 0. The maximum absolute atomic E-state index is 11.7. The highest BCUT2D eigenvalue weighted by atomic mass is 16.7. The van der Waals surface area contributed by atoms with Crippen molar-refractivity contribution in [1.29, 1.82) is 0 Å². The highest BCUT2D eigenvalue weighted by molar-refractivity contribution is 5.76. The maximum atomic E-state index is 11.7. The second-order valence-corrected chi connectivity index (χ2v) is 4.26. The zero-order valence-corrected chi connectivity index (χ0v) is 9.77. The Morgan fingerprint density at radius 1 is 1.38 bits per heavy atom. The number of fused-ring (bicyclic) bond motifs is 1. The van der Waals surface area contributed by atoms with Crippen LogP contribution in [-0.2, 0) is 19.0 Å². The molecule has 1 aliphatic heterocycles. The van der Waals surface area contributed by atoms with Crippen LogP contribution in [0.15, 0.2) is 12.2 Å². The van der Waals surface area contributed by atoms with Gasteiger partial charge in [-0.3, -0.25) is 4.79 Å². The van der Waals surface area contributed by atoms with E-state index in [0.717, 1.165) is 19.3 Å². The van der Waals surface area contributed by atoms with Crippen molar-refractivity contribution in [1.82, 2.24) is 0 Å². The van der Waals surface area contributed by atoms with Crippen LogP contribution in [0.25, 0.3) is 0 Å². The summed E-state index contributed by atoms with van der Waals surface area (Å²) < 4.78 is 16.1.